The molecule has 0 radical (unpaired) electrons. The minimum absolute atomic E-state index is 0.221. The molecular weight excluding hydrogens is 321 g/mol. The number of hydrogen-bond donors (Lipinski definition) is 0. The monoisotopic (exact) mass is 340 g/mol. The molecule has 4 aromatic rings. The minimum Gasteiger partial charge on any atom is -0.207 e. The van der Waals surface area contributed by atoms with Crippen molar-refractivity contribution in [3.8, 4) is 33.6 Å². The molecular formula is C24H19FN+. The lowest BCUT2D eigenvalue weighted by Crippen LogP contribution is -2.34. The predicted octanol–water partition coefficient (Wildman–Crippen LogP) is 5.65. The summed E-state index contributed by atoms with van der Waals surface area (Å²) in [5.41, 5.74) is 6.60. The van der Waals surface area contributed by atoms with Crippen LogP contribution in [0, 0.1) is 5.82 Å². The maximum atomic E-state index is 13.4. The van der Waals surface area contributed by atoms with Crippen LogP contribution in [-0.4, -0.2) is 0 Å². The zero-order chi connectivity index (χ0) is 17.9. The predicted molar refractivity (Wildman–Crippen MR) is 104 cm³/mol. The Morgan fingerprint density at radius 1 is 0.538 bits per heavy atom. The lowest BCUT2D eigenvalue weighted by atomic mass is 9.99. The molecule has 0 fully saturated rings. The highest BCUT2D eigenvalue weighted by atomic mass is 19.1. The minimum atomic E-state index is -0.221. The Kier molecular flexibility index (Phi) is 4.32. The number of hydrogen-bond acceptors (Lipinski definition) is 0. The van der Waals surface area contributed by atoms with Gasteiger partial charge in [-0.1, -0.05) is 48.5 Å². The van der Waals surface area contributed by atoms with Crippen molar-refractivity contribution in [1.29, 1.82) is 0 Å². The summed E-state index contributed by atoms with van der Waals surface area (Å²) >= 11 is 0. The molecule has 0 saturated heterocycles. The highest BCUT2D eigenvalue weighted by Gasteiger charge is 2.19. The van der Waals surface area contributed by atoms with Gasteiger partial charge in [-0.05, 0) is 47.5 Å². The largest absolute Gasteiger partial charge is 0.213 e. The Morgan fingerprint density at radius 3 is 1.46 bits per heavy atom. The van der Waals surface area contributed by atoms with Crippen LogP contribution in [0.3, 0.4) is 0 Å². The number of aromatic nitrogens is 1. The summed E-state index contributed by atoms with van der Waals surface area (Å²) in [7, 11) is 2.08. The molecule has 0 amide bonds. The van der Waals surface area contributed by atoms with E-state index in [1.54, 1.807) is 0 Å². The Morgan fingerprint density at radius 2 is 1.00 bits per heavy atom. The molecule has 2 heteroatoms. The summed E-state index contributed by atoms with van der Waals surface area (Å²) in [6.45, 7) is 0. The standard InChI is InChI=1S/C24H19FN/c1-26-23(19-8-4-2-5-9-19)16-21(18-12-14-22(25)15-13-18)17-24(26)20-10-6-3-7-11-20/h2-17H,1H3/q+1. The Bertz CT molecular complexity index is 962. The second kappa shape index (κ2) is 6.93. The number of nitrogens with zero attached hydrogens (tertiary/aromatic N) is 1. The maximum absolute atomic E-state index is 13.4. The fourth-order valence-corrected chi connectivity index (χ4v) is 3.24. The summed E-state index contributed by atoms with van der Waals surface area (Å²) in [4.78, 5) is 0. The molecule has 0 N–H and O–H groups in total. The van der Waals surface area contributed by atoms with Crippen LogP contribution in [0.25, 0.3) is 33.6 Å². The smallest absolute Gasteiger partial charge is 0.207 e. The Labute approximate surface area is 153 Å². The fourth-order valence-electron chi connectivity index (χ4n) is 3.24. The third-order valence-electron chi connectivity index (χ3n) is 4.62. The van der Waals surface area contributed by atoms with Crippen molar-refractivity contribution >= 4 is 0 Å². The molecule has 3 aromatic carbocycles. The first-order valence-electron chi connectivity index (χ1n) is 8.63. The van der Waals surface area contributed by atoms with Crippen molar-refractivity contribution in [1.82, 2.24) is 0 Å². The van der Waals surface area contributed by atoms with E-state index in [1.807, 2.05) is 48.5 Å². The molecule has 0 aliphatic heterocycles. The van der Waals surface area contributed by atoms with Gasteiger partial charge in [0.25, 0.3) is 0 Å². The van der Waals surface area contributed by atoms with E-state index in [0.717, 1.165) is 33.6 Å². The molecule has 1 aromatic heterocycles. The van der Waals surface area contributed by atoms with Gasteiger partial charge in [0, 0.05) is 23.3 Å². The van der Waals surface area contributed by atoms with E-state index in [0.29, 0.717) is 0 Å². The molecule has 0 unspecified atom stereocenters. The van der Waals surface area contributed by atoms with Crippen LogP contribution in [0.4, 0.5) is 4.39 Å². The zero-order valence-corrected chi connectivity index (χ0v) is 14.6. The van der Waals surface area contributed by atoms with E-state index in [-0.39, 0.29) is 5.82 Å². The van der Waals surface area contributed by atoms with Crippen LogP contribution >= 0.6 is 0 Å². The summed E-state index contributed by atoms with van der Waals surface area (Å²) < 4.78 is 15.6. The highest BCUT2D eigenvalue weighted by molar-refractivity contribution is 5.73. The molecule has 0 bridgehead atoms. The van der Waals surface area contributed by atoms with Crippen LogP contribution in [0.2, 0.25) is 0 Å². The van der Waals surface area contributed by atoms with Gasteiger partial charge in [-0.3, -0.25) is 0 Å². The Hall–Kier alpha value is -3.26. The van der Waals surface area contributed by atoms with Crippen molar-refractivity contribution in [2.75, 3.05) is 0 Å². The molecule has 0 saturated carbocycles. The average molecular weight is 340 g/mol. The number of benzene rings is 3. The van der Waals surface area contributed by atoms with E-state index in [1.165, 1.54) is 12.1 Å². The van der Waals surface area contributed by atoms with Gasteiger partial charge < -0.3 is 0 Å². The first-order valence-corrected chi connectivity index (χ1v) is 8.63. The summed E-state index contributed by atoms with van der Waals surface area (Å²) in [6, 6.07) is 31.6. The van der Waals surface area contributed by atoms with Gasteiger partial charge in [0.1, 0.15) is 12.9 Å². The number of rotatable bonds is 3. The first kappa shape index (κ1) is 16.2. The van der Waals surface area contributed by atoms with Crippen LogP contribution in [0.15, 0.2) is 97.1 Å². The number of halogens is 1. The van der Waals surface area contributed by atoms with E-state index in [4.69, 9.17) is 0 Å². The molecule has 126 valence electrons. The lowest BCUT2D eigenvalue weighted by Gasteiger charge is -2.10. The van der Waals surface area contributed by atoms with Crippen LogP contribution in [-0.2, 0) is 7.05 Å². The van der Waals surface area contributed by atoms with Crippen LogP contribution in [0.1, 0.15) is 0 Å². The van der Waals surface area contributed by atoms with Gasteiger partial charge in [0.15, 0.2) is 0 Å². The van der Waals surface area contributed by atoms with Gasteiger partial charge in [-0.25, -0.2) is 4.39 Å². The third-order valence-corrected chi connectivity index (χ3v) is 4.62. The van der Waals surface area contributed by atoms with E-state index >= 15 is 0 Å². The van der Waals surface area contributed by atoms with E-state index in [9.17, 15) is 4.39 Å². The van der Waals surface area contributed by atoms with Gasteiger partial charge in [-0.2, -0.15) is 4.57 Å². The summed E-state index contributed by atoms with van der Waals surface area (Å²) in [5, 5.41) is 0. The summed E-state index contributed by atoms with van der Waals surface area (Å²) in [5.74, 6) is -0.221. The molecule has 0 aliphatic carbocycles. The fraction of sp³-hybridized carbons (Fsp3) is 0.0417. The van der Waals surface area contributed by atoms with Gasteiger partial charge in [-0.15, -0.1) is 0 Å². The average Bonchev–Trinajstić information content (AvgIpc) is 2.70. The molecule has 1 heterocycles. The van der Waals surface area contributed by atoms with E-state index in [2.05, 4.69) is 48.0 Å². The maximum Gasteiger partial charge on any atom is 0.213 e. The Balaban J connectivity index is 1.97. The first-order chi connectivity index (χ1) is 12.7. The number of pyridine rings is 1. The molecule has 0 aliphatic rings. The molecule has 1 nitrogen and oxygen atoms in total. The lowest BCUT2D eigenvalue weighted by molar-refractivity contribution is -0.649. The van der Waals surface area contributed by atoms with Crippen LogP contribution in [0.5, 0.6) is 0 Å². The third kappa shape index (κ3) is 3.14. The molecule has 0 spiro atoms. The normalized spacial score (nSPS) is 10.7. The van der Waals surface area contributed by atoms with Crippen molar-refractivity contribution < 1.29 is 8.96 Å². The zero-order valence-electron chi connectivity index (χ0n) is 14.6. The van der Waals surface area contributed by atoms with Crippen molar-refractivity contribution in [3.63, 3.8) is 0 Å². The van der Waals surface area contributed by atoms with Gasteiger partial charge in [0.05, 0.1) is 0 Å². The molecule has 0 atom stereocenters. The van der Waals surface area contributed by atoms with E-state index < -0.39 is 0 Å². The topological polar surface area (TPSA) is 3.88 Å². The molecule has 26 heavy (non-hydrogen) atoms. The van der Waals surface area contributed by atoms with Crippen LogP contribution < -0.4 is 4.57 Å². The molecule has 4 rings (SSSR count). The highest BCUT2D eigenvalue weighted by Crippen LogP contribution is 2.28. The SMILES string of the molecule is C[n+]1c(-c2ccccc2)cc(-c2ccc(F)cc2)cc1-c1ccccc1. The second-order valence-corrected chi connectivity index (χ2v) is 6.31. The van der Waals surface area contributed by atoms with Crippen molar-refractivity contribution in [3.05, 3.63) is 103 Å². The summed E-state index contributed by atoms with van der Waals surface area (Å²) in [6.07, 6.45) is 0. The van der Waals surface area contributed by atoms with Crippen molar-refractivity contribution in [2.24, 2.45) is 7.05 Å². The quantitative estimate of drug-likeness (QED) is 0.424. The second-order valence-electron chi connectivity index (χ2n) is 6.31. The van der Waals surface area contributed by atoms with Gasteiger partial charge in [0.2, 0.25) is 11.4 Å². The van der Waals surface area contributed by atoms with Crippen molar-refractivity contribution in [2.45, 2.75) is 0 Å². The van der Waals surface area contributed by atoms with Gasteiger partial charge >= 0.3 is 0 Å².